The zero-order valence-corrected chi connectivity index (χ0v) is 23.3. The van der Waals surface area contributed by atoms with Crippen LogP contribution in [0.4, 0.5) is 18.9 Å². The van der Waals surface area contributed by atoms with Gasteiger partial charge in [0.25, 0.3) is 5.91 Å². The summed E-state index contributed by atoms with van der Waals surface area (Å²) < 4.78 is 61.1. The van der Waals surface area contributed by atoms with Gasteiger partial charge in [-0.3, -0.25) is 14.5 Å². The first-order chi connectivity index (χ1) is 19.2. The highest BCUT2D eigenvalue weighted by molar-refractivity contribution is 7.90. The molecule has 41 heavy (non-hydrogen) atoms. The Kier molecular flexibility index (Phi) is 10.5. The molecule has 13 heteroatoms. The molecular formula is C28H33F3N2O7S. The fourth-order valence-corrected chi connectivity index (χ4v) is 5.74. The molecule has 0 aliphatic heterocycles. The van der Waals surface area contributed by atoms with Crippen LogP contribution in [-0.4, -0.2) is 49.5 Å². The monoisotopic (exact) mass is 598 g/mol. The molecule has 1 aliphatic rings. The van der Waals surface area contributed by atoms with Gasteiger partial charge in [0, 0.05) is 35.1 Å². The first-order valence-electron chi connectivity index (χ1n) is 13.1. The Morgan fingerprint density at radius 3 is 2.15 bits per heavy atom. The number of alkyl halides is 3. The number of halogens is 3. The molecule has 0 radical (unpaired) electrons. The van der Waals surface area contributed by atoms with Gasteiger partial charge in [-0.2, -0.15) is 18.4 Å². The first-order valence-corrected chi connectivity index (χ1v) is 15.2. The summed E-state index contributed by atoms with van der Waals surface area (Å²) in [5, 5.41) is 14.3. The van der Waals surface area contributed by atoms with Crippen molar-refractivity contribution in [3.05, 3.63) is 65.2 Å². The summed E-state index contributed by atoms with van der Waals surface area (Å²) in [5.41, 5.74) is -0.650. The second-order valence-corrected chi connectivity index (χ2v) is 12.7. The van der Waals surface area contributed by atoms with Crippen molar-refractivity contribution in [3.8, 4) is 0 Å². The number of sulfone groups is 1. The summed E-state index contributed by atoms with van der Waals surface area (Å²) in [6.07, 6.45) is 0.927. The standard InChI is InChI=1S/C28H33F3N2O7S/c1-41(38,39)17-5-4-16-27(14-2-3-15-27)26(36)33-23(25(35)40-37)18-19-6-12-22(13-7-19)32-24(34)20-8-10-21(11-9-20)28(29,30)31/h6-13,23,37H,2-5,14-18H2,1H3,(H,32,34)(H,33,36). The van der Waals surface area contributed by atoms with Crippen LogP contribution in [0.25, 0.3) is 0 Å². The van der Waals surface area contributed by atoms with E-state index in [2.05, 4.69) is 15.5 Å². The molecule has 3 N–H and O–H groups in total. The van der Waals surface area contributed by atoms with Crippen molar-refractivity contribution in [1.29, 1.82) is 0 Å². The fourth-order valence-electron chi connectivity index (χ4n) is 5.01. The van der Waals surface area contributed by atoms with E-state index in [1.165, 1.54) is 12.1 Å². The number of hydrogen-bond acceptors (Lipinski definition) is 7. The van der Waals surface area contributed by atoms with Crippen molar-refractivity contribution in [3.63, 3.8) is 0 Å². The van der Waals surface area contributed by atoms with Crippen LogP contribution >= 0.6 is 0 Å². The molecule has 224 valence electrons. The molecule has 2 amide bonds. The number of anilines is 1. The fraction of sp³-hybridized carbons (Fsp3) is 0.464. The van der Waals surface area contributed by atoms with E-state index >= 15 is 0 Å². The molecule has 1 aliphatic carbocycles. The molecule has 2 aromatic rings. The zero-order chi connectivity index (χ0) is 30.3. The van der Waals surface area contributed by atoms with Crippen LogP contribution < -0.4 is 10.6 Å². The van der Waals surface area contributed by atoms with Gasteiger partial charge < -0.3 is 10.6 Å². The van der Waals surface area contributed by atoms with Gasteiger partial charge in [-0.05, 0) is 67.6 Å². The maximum Gasteiger partial charge on any atom is 0.416 e. The third kappa shape index (κ3) is 9.28. The van der Waals surface area contributed by atoms with E-state index in [-0.39, 0.29) is 23.6 Å². The van der Waals surface area contributed by atoms with E-state index < -0.39 is 44.9 Å². The van der Waals surface area contributed by atoms with Crippen LogP contribution in [0.2, 0.25) is 0 Å². The number of rotatable bonds is 12. The molecule has 0 heterocycles. The van der Waals surface area contributed by atoms with Gasteiger partial charge in [0.1, 0.15) is 15.9 Å². The largest absolute Gasteiger partial charge is 0.416 e. The first kappa shape index (κ1) is 32.1. The molecule has 9 nitrogen and oxygen atoms in total. The zero-order valence-electron chi connectivity index (χ0n) is 22.5. The summed E-state index contributed by atoms with van der Waals surface area (Å²) in [6.45, 7) is 0. The van der Waals surface area contributed by atoms with Crippen LogP contribution in [0.1, 0.15) is 66.4 Å². The summed E-state index contributed by atoms with van der Waals surface area (Å²) in [4.78, 5) is 42.0. The smallest absolute Gasteiger partial charge is 0.342 e. The van der Waals surface area contributed by atoms with Crippen molar-refractivity contribution in [1.82, 2.24) is 5.32 Å². The van der Waals surface area contributed by atoms with E-state index in [0.29, 0.717) is 43.4 Å². The maximum atomic E-state index is 13.3. The lowest BCUT2D eigenvalue weighted by Gasteiger charge is -2.29. The lowest BCUT2D eigenvalue weighted by molar-refractivity contribution is -0.236. The van der Waals surface area contributed by atoms with Crippen LogP contribution in [0.5, 0.6) is 0 Å². The number of benzene rings is 2. The predicted molar refractivity (Wildman–Crippen MR) is 145 cm³/mol. The second-order valence-electron chi connectivity index (χ2n) is 10.4. The van der Waals surface area contributed by atoms with Gasteiger partial charge in [-0.25, -0.2) is 13.2 Å². The van der Waals surface area contributed by atoms with Gasteiger partial charge in [0.2, 0.25) is 5.91 Å². The van der Waals surface area contributed by atoms with Crippen LogP contribution in [0, 0.1) is 5.41 Å². The lowest BCUT2D eigenvalue weighted by atomic mass is 9.80. The lowest BCUT2D eigenvalue weighted by Crippen LogP contribution is -2.49. The number of nitrogens with one attached hydrogen (secondary N) is 2. The highest BCUT2D eigenvalue weighted by Gasteiger charge is 2.42. The summed E-state index contributed by atoms with van der Waals surface area (Å²) in [6, 6.07) is 8.81. The molecule has 0 aromatic heterocycles. The Balaban J connectivity index is 1.63. The van der Waals surface area contributed by atoms with Crippen LogP contribution in [0.15, 0.2) is 48.5 Å². The van der Waals surface area contributed by atoms with E-state index in [1.54, 1.807) is 12.1 Å². The quantitative estimate of drug-likeness (QED) is 0.182. The van der Waals surface area contributed by atoms with Crippen molar-refractivity contribution in [2.45, 2.75) is 63.6 Å². The summed E-state index contributed by atoms with van der Waals surface area (Å²) in [7, 11) is -3.11. The topological polar surface area (TPSA) is 139 Å². The highest BCUT2D eigenvalue weighted by atomic mass is 32.2. The van der Waals surface area contributed by atoms with Crippen molar-refractivity contribution in [2.24, 2.45) is 5.41 Å². The Labute approximate surface area is 236 Å². The van der Waals surface area contributed by atoms with Gasteiger partial charge in [-0.15, -0.1) is 0 Å². The maximum absolute atomic E-state index is 13.3. The molecule has 0 saturated heterocycles. The molecule has 1 saturated carbocycles. The van der Waals surface area contributed by atoms with Crippen molar-refractivity contribution in [2.75, 3.05) is 17.3 Å². The van der Waals surface area contributed by atoms with Crippen molar-refractivity contribution >= 4 is 33.3 Å². The third-order valence-electron chi connectivity index (χ3n) is 7.27. The van der Waals surface area contributed by atoms with Gasteiger partial charge in [0.05, 0.1) is 5.56 Å². The molecule has 1 fully saturated rings. The minimum absolute atomic E-state index is 0.0254. The third-order valence-corrected chi connectivity index (χ3v) is 8.30. The number of amides is 2. The highest BCUT2D eigenvalue weighted by Crippen LogP contribution is 2.42. The molecule has 1 atom stereocenters. The van der Waals surface area contributed by atoms with Crippen LogP contribution in [0.3, 0.4) is 0 Å². The van der Waals surface area contributed by atoms with Gasteiger partial charge >= 0.3 is 12.1 Å². The van der Waals surface area contributed by atoms with E-state index in [4.69, 9.17) is 5.26 Å². The molecule has 2 aromatic carbocycles. The minimum Gasteiger partial charge on any atom is -0.342 e. The normalized spacial score (nSPS) is 15.6. The predicted octanol–water partition coefficient (Wildman–Crippen LogP) is 4.78. The SMILES string of the molecule is CS(=O)(=O)CCCCC1(C(=O)NC(Cc2ccc(NC(=O)c3ccc(C(F)(F)F)cc3)cc2)C(=O)OO)CCCC1. The molecule has 3 rings (SSSR count). The second kappa shape index (κ2) is 13.5. The van der Waals surface area contributed by atoms with Crippen molar-refractivity contribution < 1.29 is 46.1 Å². The average molecular weight is 599 g/mol. The summed E-state index contributed by atoms with van der Waals surface area (Å²) in [5.74, 6) is -1.99. The average Bonchev–Trinajstić information content (AvgIpc) is 3.40. The Bertz CT molecular complexity index is 1320. The number of carbonyl (C=O) groups excluding carboxylic acids is 3. The summed E-state index contributed by atoms with van der Waals surface area (Å²) >= 11 is 0. The molecular weight excluding hydrogens is 565 g/mol. The molecule has 0 bridgehead atoms. The molecule has 0 spiro atoms. The van der Waals surface area contributed by atoms with E-state index in [9.17, 15) is 36.0 Å². The Morgan fingerprint density at radius 1 is 1.00 bits per heavy atom. The number of hydrogen-bond donors (Lipinski definition) is 3. The minimum atomic E-state index is -4.51. The van der Waals surface area contributed by atoms with Gasteiger partial charge in [-0.1, -0.05) is 31.4 Å². The van der Waals surface area contributed by atoms with E-state index in [0.717, 1.165) is 43.4 Å². The number of unbranched alkanes of at least 4 members (excludes halogenated alkanes) is 1. The number of carbonyl (C=O) groups is 3. The van der Waals surface area contributed by atoms with Gasteiger partial charge in [0.15, 0.2) is 0 Å². The van der Waals surface area contributed by atoms with Crippen LogP contribution in [-0.2, 0) is 36.9 Å². The molecule has 1 unspecified atom stereocenters. The Morgan fingerprint density at radius 2 is 1.61 bits per heavy atom. The van der Waals surface area contributed by atoms with E-state index in [1.807, 2.05) is 0 Å². The Hall–Kier alpha value is -3.45.